The van der Waals surface area contributed by atoms with Crippen LogP contribution >= 0.6 is 0 Å². The molecule has 8 heteroatoms. The van der Waals surface area contributed by atoms with Gasteiger partial charge < -0.3 is 19.9 Å². The van der Waals surface area contributed by atoms with E-state index in [0.29, 0.717) is 6.42 Å². The lowest BCUT2D eigenvalue weighted by atomic mass is 9.98. The van der Waals surface area contributed by atoms with E-state index in [1.165, 1.54) is 4.90 Å². The second-order valence-corrected chi connectivity index (χ2v) is 10.4. The number of carbonyl (C=O) groups is 3. The minimum Gasteiger partial charge on any atom is -0.480 e. The Balaban J connectivity index is 1.50. The van der Waals surface area contributed by atoms with Crippen LogP contribution in [0.4, 0.5) is 4.79 Å². The molecule has 1 fully saturated rings. The van der Waals surface area contributed by atoms with Gasteiger partial charge in [0, 0.05) is 5.92 Å². The van der Waals surface area contributed by atoms with Crippen molar-refractivity contribution in [2.24, 2.45) is 5.92 Å². The molecule has 2 amide bonds. The summed E-state index contributed by atoms with van der Waals surface area (Å²) in [5.41, 5.74) is 3.31. The Hall–Kier alpha value is -3.39. The van der Waals surface area contributed by atoms with E-state index in [2.05, 4.69) is 17.4 Å². The van der Waals surface area contributed by atoms with E-state index in [1.54, 1.807) is 20.8 Å². The Kier molecular flexibility index (Phi) is 7.09. The minimum atomic E-state index is -1.15. The number of carboxylic acids is 1. The molecule has 3 atom stereocenters. The number of benzene rings is 2. The fourth-order valence-corrected chi connectivity index (χ4v) is 5.48. The standard InChI is InChI=1S/C28H34N2O6/c1-16(2)14-23(25(31)30-24(26(32)33)17(3)36-28(30,4)5)29-27(34)35-15-22-20-12-8-6-10-18(20)19-11-7-9-13-21(19)22/h6-13,16-17,22-24H,14-15H2,1-5H3,(H,29,34)(H,32,33)/t17-,23+,24?/m0/s1. The van der Waals surface area contributed by atoms with Crippen molar-refractivity contribution in [3.8, 4) is 11.1 Å². The summed E-state index contributed by atoms with van der Waals surface area (Å²) in [5.74, 6) is -1.68. The fraction of sp³-hybridized carbons (Fsp3) is 0.464. The summed E-state index contributed by atoms with van der Waals surface area (Å²) in [6, 6.07) is 14.0. The predicted molar refractivity (Wildman–Crippen MR) is 134 cm³/mol. The Labute approximate surface area is 211 Å². The van der Waals surface area contributed by atoms with Gasteiger partial charge in [0.25, 0.3) is 0 Å². The highest BCUT2D eigenvalue weighted by Gasteiger charge is 2.53. The maximum atomic E-state index is 13.6. The molecule has 2 aromatic rings. The van der Waals surface area contributed by atoms with Gasteiger partial charge in [0.05, 0.1) is 6.10 Å². The summed E-state index contributed by atoms with van der Waals surface area (Å²) in [5, 5.41) is 12.5. The zero-order valence-corrected chi connectivity index (χ0v) is 21.4. The van der Waals surface area contributed by atoms with Crippen LogP contribution in [0, 0.1) is 5.92 Å². The second-order valence-electron chi connectivity index (χ2n) is 10.4. The molecule has 1 unspecified atom stereocenters. The number of alkyl carbamates (subject to hydrolysis) is 1. The molecule has 192 valence electrons. The number of rotatable bonds is 7. The van der Waals surface area contributed by atoms with Crippen LogP contribution in [0.15, 0.2) is 48.5 Å². The Bertz CT molecular complexity index is 1110. The Morgan fingerprint density at radius 1 is 1.06 bits per heavy atom. The SMILES string of the molecule is CC(C)C[C@@H](NC(=O)OCC1c2ccccc2-c2ccccc21)C(=O)N1C(C(=O)O)[C@H](C)OC1(C)C. The van der Waals surface area contributed by atoms with Crippen LogP contribution in [0.25, 0.3) is 11.1 Å². The van der Waals surface area contributed by atoms with Crippen LogP contribution in [0.1, 0.15) is 58.1 Å². The smallest absolute Gasteiger partial charge is 0.407 e. The normalized spacial score (nSPS) is 21.1. The van der Waals surface area contributed by atoms with Gasteiger partial charge in [-0.05, 0) is 55.4 Å². The molecule has 0 radical (unpaired) electrons. The average Bonchev–Trinajstić information content (AvgIpc) is 3.26. The summed E-state index contributed by atoms with van der Waals surface area (Å²) >= 11 is 0. The third-order valence-electron chi connectivity index (χ3n) is 6.91. The molecule has 1 aliphatic carbocycles. The van der Waals surface area contributed by atoms with Crippen LogP contribution in [-0.4, -0.2) is 58.5 Å². The minimum absolute atomic E-state index is 0.0696. The van der Waals surface area contributed by atoms with Gasteiger partial charge in [-0.2, -0.15) is 0 Å². The molecule has 2 aliphatic rings. The summed E-state index contributed by atoms with van der Waals surface area (Å²) in [7, 11) is 0. The summed E-state index contributed by atoms with van der Waals surface area (Å²) in [6.07, 6.45) is -1.07. The number of nitrogens with one attached hydrogen (secondary N) is 1. The third kappa shape index (κ3) is 4.82. The predicted octanol–water partition coefficient (Wildman–Crippen LogP) is 4.38. The lowest BCUT2D eigenvalue weighted by Gasteiger charge is -2.35. The summed E-state index contributed by atoms with van der Waals surface area (Å²) < 4.78 is 11.4. The van der Waals surface area contributed by atoms with Crippen molar-refractivity contribution in [1.82, 2.24) is 10.2 Å². The highest BCUT2D eigenvalue weighted by atomic mass is 16.6. The van der Waals surface area contributed by atoms with Crippen molar-refractivity contribution >= 4 is 18.0 Å². The van der Waals surface area contributed by atoms with Crippen molar-refractivity contribution in [3.63, 3.8) is 0 Å². The van der Waals surface area contributed by atoms with Gasteiger partial charge in [0.2, 0.25) is 5.91 Å². The number of carbonyl (C=O) groups excluding carboxylic acids is 2. The van der Waals surface area contributed by atoms with Crippen LogP contribution in [0.3, 0.4) is 0 Å². The second kappa shape index (κ2) is 9.93. The van der Waals surface area contributed by atoms with Crippen molar-refractivity contribution in [2.45, 2.75) is 70.9 Å². The van der Waals surface area contributed by atoms with Crippen LogP contribution in [0.5, 0.6) is 0 Å². The van der Waals surface area contributed by atoms with Crippen molar-refractivity contribution in [3.05, 3.63) is 59.7 Å². The molecular formula is C28H34N2O6. The van der Waals surface area contributed by atoms with E-state index >= 15 is 0 Å². The highest BCUT2D eigenvalue weighted by Crippen LogP contribution is 2.44. The first-order valence-corrected chi connectivity index (χ1v) is 12.4. The van der Waals surface area contributed by atoms with E-state index in [1.807, 2.05) is 50.2 Å². The number of hydrogen-bond acceptors (Lipinski definition) is 5. The quantitative estimate of drug-likeness (QED) is 0.592. The Morgan fingerprint density at radius 3 is 2.14 bits per heavy atom. The van der Waals surface area contributed by atoms with Crippen molar-refractivity contribution in [1.29, 1.82) is 0 Å². The van der Waals surface area contributed by atoms with E-state index in [-0.39, 0.29) is 18.4 Å². The number of carboxylic acid groups (broad SMARTS) is 1. The molecule has 4 rings (SSSR count). The number of fused-ring (bicyclic) bond motifs is 3. The van der Waals surface area contributed by atoms with E-state index in [4.69, 9.17) is 9.47 Å². The molecule has 0 bridgehead atoms. The lowest BCUT2D eigenvalue weighted by Crippen LogP contribution is -2.58. The molecule has 0 saturated carbocycles. The molecule has 1 heterocycles. The molecular weight excluding hydrogens is 460 g/mol. The molecule has 2 N–H and O–H groups in total. The van der Waals surface area contributed by atoms with Gasteiger partial charge >= 0.3 is 12.1 Å². The monoisotopic (exact) mass is 494 g/mol. The molecule has 0 spiro atoms. The van der Waals surface area contributed by atoms with Gasteiger partial charge in [0.1, 0.15) is 18.4 Å². The Morgan fingerprint density at radius 2 is 1.61 bits per heavy atom. The fourth-order valence-electron chi connectivity index (χ4n) is 5.48. The van der Waals surface area contributed by atoms with Gasteiger partial charge in [-0.1, -0.05) is 62.4 Å². The number of ether oxygens (including phenoxy) is 2. The molecule has 1 saturated heterocycles. The largest absolute Gasteiger partial charge is 0.480 e. The first-order chi connectivity index (χ1) is 17.0. The molecule has 0 aromatic heterocycles. The van der Waals surface area contributed by atoms with Crippen LogP contribution < -0.4 is 5.32 Å². The summed E-state index contributed by atoms with van der Waals surface area (Å²) in [4.78, 5) is 39.7. The van der Waals surface area contributed by atoms with Gasteiger partial charge in [-0.15, -0.1) is 0 Å². The van der Waals surface area contributed by atoms with E-state index < -0.39 is 41.9 Å². The van der Waals surface area contributed by atoms with E-state index in [0.717, 1.165) is 22.3 Å². The molecule has 36 heavy (non-hydrogen) atoms. The topological polar surface area (TPSA) is 105 Å². The molecule has 2 aromatic carbocycles. The maximum absolute atomic E-state index is 13.6. The first-order valence-electron chi connectivity index (χ1n) is 12.4. The number of aliphatic carboxylic acids is 1. The summed E-state index contributed by atoms with van der Waals surface area (Å²) in [6.45, 7) is 8.93. The lowest BCUT2D eigenvalue weighted by molar-refractivity contribution is -0.157. The van der Waals surface area contributed by atoms with Crippen molar-refractivity contribution < 1.29 is 29.0 Å². The zero-order chi connectivity index (χ0) is 26.2. The van der Waals surface area contributed by atoms with E-state index in [9.17, 15) is 19.5 Å². The average molecular weight is 495 g/mol. The first kappa shape index (κ1) is 25.7. The number of amides is 2. The molecule has 8 nitrogen and oxygen atoms in total. The highest BCUT2D eigenvalue weighted by molar-refractivity contribution is 5.90. The number of nitrogens with zero attached hydrogens (tertiary/aromatic N) is 1. The van der Waals surface area contributed by atoms with Gasteiger partial charge in [-0.3, -0.25) is 9.69 Å². The van der Waals surface area contributed by atoms with Crippen LogP contribution in [-0.2, 0) is 19.1 Å². The zero-order valence-electron chi connectivity index (χ0n) is 21.4. The maximum Gasteiger partial charge on any atom is 0.407 e. The van der Waals surface area contributed by atoms with Crippen LogP contribution in [0.2, 0.25) is 0 Å². The molecule has 1 aliphatic heterocycles. The third-order valence-corrected chi connectivity index (χ3v) is 6.91. The van der Waals surface area contributed by atoms with Gasteiger partial charge in [-0.25, -0.2) is 9.59 Å². The van der Waals surface area contributed by atoms with Crippen molar-refractivity contribution in [2.75, 3.05) is 6.61 Å². The van der Waals surface area contributed by atoms with Gasteiger partial charge in [0.15, 0.2) is 6.04 Å². The number of hydrogen-bond donors (Lipinski definition) is 2.